The van der Waals surface area contributed by atoms with E-state index in [1.165, 1.54) is 18.2 Å². The highest BCUT2D eigenvalue weighted by atomic mass is 35.5. The maximum absolute atomic E-state index is 13.6. The van der Waals surface area contributed by atoms with Gasteiger partial charge in [-0.3, -0.25) is 19.4 Å². The smallest absolute Gasteiger partial charge is 0.253 e. The molecule has 2 aliphatic rings. The summed E-state index contributed by atoms with van der Waals surface area (Å²) in [5, 5.41) is 3.95. The molecule has 1 aromatic heterocycles. The van der Waals surface area contributed by atoms with E-state index in [0.29, 0.717) is 36.3 Å². The van der Waals surface area contributed by atoms with Crippen LogP contribution in [0.4, 0.5) is 4.39 Å². The number of likely N-dealkylation sites (tertiary alicyclic amines) is 1. The minimum atomic E-state index is -0.515. The van der Waals surface area contributed by atoms with Crippen molar-refractivity contribution in [1.29, 1.82) is 0 Å². The lowest BCUT2D eigenvalue weighted by molar-refractivity contribution is 0.0588. The first-order valence-electron chi connectivity index (χ1n) is 15.3. The molecule has 0 aliphatic carbocycles. The molecule has 0 spiro atoms. The van der Waals surface area contributed by atoms with Crippen LogP contribution in [-0.2, 0) is 13.1 Å². The molecule has 2 unspecified atom stereocenters. The number of ketones is 1. The number of halogens is 2. The number of methoxy groups -OCH3 is 1. The Morgan fingerprint density at radius 1 is 1.02 bits per heavy atom. The highest BCUT2D eigenvalue weighted by Crippen LogP contribution is 2.32. The summed E-state index contributed by atoms with van der Waals surface area (Å²) in [6.45, 7) is 6.19. The standard InChI is InChI=1S/C35H38ClFN4O3/c1-23-6-3-7-24(16-23)18-38-35(43)29-21-40(34-28(29)8-4-9-33(34)44-2)14-5-15-41-26-11-12-27(41)20-39(19-26)22-32(42)25-10-13-31(37)30(36)17-25/h3-4,6-10,13,16-17,21,26-27H,5,11-12,14-15,18-20,22H2,1-2H3,(H,38,43). The van der Waals surface area contributed by atoms with E-state index >= 15 is 0 Å². The molecule has 230 valence electrons. The Morgan fingerprint density at radius 2 is 1.80 bits per heavy atom. The number of aryl methyl sites for hydroxylation is 2. The lowest BCUT2D eigenvalue weighted by atomic mass is 10.1. The molecule has 9 heteroatoms. The quantitative estimate of drug-likeness (QED) is 0.206. The molecule has 2 bridgehead atoms. The zero-order valence-electron chi connectivity index (χ0n) is 25.2. The molecule has 2 atom stereocenters. The predicted octanol–water partition coefficient (Wildman–Crippen LogP) is 6.10. The van der Waals surface area contributed by atoms with Gasteiger partial charge in [0, 0.05) is 62.0 Å². The van der Waals surface area contributed by atoms with Crippen molar-refractivity contribution in [2.24, 2.45) is 0 Å². The van der Waals surface area contributed by atoms with Gasteiger partial charge in [-0.1, -0.05) is 53.6 Å². The van der Waals surface area contributed by atoms with E-state index < -0.39 is 5.82 Å². The van der Waals surface area contributed by atoms with Crippen LogP contribution in [0.25, 0.3) is 10.9 Å². The van der Waals surface area contributed by atoms with Crippen molar-refractivity contribution in [3.05, 3.63) is 100.0 Å². The van der Waals surface area contributed by atoms with Crippen molar-refractivity contribution in [3.8, 4) is 5.75 Å². The van der Waals surface area contributed by atoms with Crippen molar-refractivity contribution in [1.82, 2.24) is 19.7 Å². The average molecular weight is 617 g/mol. The van der Waals surface area contributed by atoms with Crippen LogP contribution in [0.3, 0.4) is 0 Å². The van der Waals surface area contributed by atoms with E-state index in [4.69, 9.17) is 16.3 Å². The molecule has 1 amide bonds. The van der Waals surface area contributed by atoms with Gasteiger partial charge in [0.25, 0.3) is 5.91 Å². The Labute approximate surface area is 262 Å². The number of benzene rings is 3. The van der Waals surface area contributed by atoms with Crippen LogP contribution < -0.4 is 10.1 Å². The second-order valence-corrected chi connectivity index (χ2v) is 12.4. The molecule has 0 radical (unpaired) electrons. The van der Waals surface area contributed by atoms with Crippen molar-refractivity contribution in [3.63, 3.8) is 0 Å². The third kappa shape index (κ3) is 6.39. The number of hydrogen-bond donors (Lipinski definition) is 1. The van der Waals surface area contributed by atoms with Gasteiger partial charge >= 0.3 is 0 Å². The predicted molar refractivity (Wildman–Crippen MR) is 171 cm³/mol. The topological polar surface area (TPSA) is 66.8 Å². The van der Waals surface area contributed by atoms with E-state index in [1.54, 1.807) is 7.11 Å². The summed E-state index contributed by atoms with van der Waals surface area (Å²) in [6, 6.07) is 19.0. The first-order chi connectivity index (χ1) is 21.3. The van der Waals surface area contributed by atoms with Crippen LogP contribution in [0.1, 0.15) is 51.1 Å². The van der Waals surface area contributed by atoms with Crippen molar-refractivity contribution in [2.75, 3.05) is 33.3 Å². The van der Waals surface area contributed by atoms with Crippen LogP contribution >= 0.6 is 11.6 Å². The number of nitrogens with zero attached hydrogens (tertiary/aromatic N) is 3. The van der Waals surface area contributed by atoms with Crippen LogP contribution in [0.2, 0.25) is 5.02 Å². The summed E-state index contributed by atoms with van der Waals surface area (Å²) in [6.07, 6.45) is 5.11. The summed E-state index contributed by atoms with van der Waals surface area (Å²) >= 11 is 5.90. The molecule has 2 aliphatic heterocycles. The van der Waals surface area contributed by atoms with Gasteiger partial charge in [-0.25, -0.2) is 4.39 Å². The van der Waals surface area contributed by atoms with Gasteiger partial charge in [0.15, 0.2) is 5.78 Å². The maximum atomic E-state index is 13.6. The summed E-state index contributed by atoms with van der Waals surface area (Å²) in [5.41, 5.74) is 4.26. The van der Waals surface area contributed by atoms with Gasteiger partial charge in [0.1, 0.15) is 11.6 Å². The number of carbonyl (C=O) groups excluding carboxylic acids is 2. The first-order valence-corrected chi connectivity index (χ1v) is 15.6. The monoisotopic (exact) mass is 616 g/mol. The molecular formula is C35H38ClFN4O3. The SMILES string of the molecule is COc1cccc2c(C(=O)NCc3cccc(C)c3)cn(CCCN3C4CCC3CN(CC(=O)c3ccc(F)c(Cl)c3)C4)c12. The third-order valence-corrected chi connectivity index (χ3v) is 9.28. The van der Waals surface area contributed by atoms with Crippen molar-refractivity contribution in [2.45, 2.75) is 51.4 Å². The van der Waals surface area contributed by atoms with Gasteiger partial charge in [0.2, 0.25) is 0 Å². The maximum Gasteiger partial charge on any atom is 0.253 e. The Kier molecular flexibility index (Phi) is 9.03. The number of carbonyl (C=O) groups is 2. The molecule has 4 aromatic rings. The fourth-order valence-electron chi connectivity index (χ4n) is 6.91. The second-order valence-electron chi connectivity index (χ2n) is 12.0. The molecular weight excluding hydrogens is 579 g/mol. The van der Waals surface area contributed by atoms with Crippen LogP contribution in [0.5, 0.6) is 5.75 Å². The molecule has 0 saturated carbocycles. The number of amides is 1. The minimum Gasteiger partial charge on any atom is -0.495 e. The highest BCUT2D eigenvalue weighted by molar-refractivity contribution is 6.31. The molecule has 7 nitrogen and oxygen atoms in total. The van der Waals surface area contributed by atoms with Crippen LogP contribution in [0.15, 0.2) is 66.9 Å². The lowest BCUT2D eigenvalue weighted by Crippen LogP contribution is -2.54. The number of para-hydroxylation sites is 1. The average Bonchev–Trinajstić information content (AvgIpc) is 3.50. The van der Waals surface area contributed by atoms with Crippen LogP contribution in [0, 0.1) is 12.7 Å². The van der Waals surface area contributed by atoms with E-state index in [9.17, 15) is 14.0 Å². The summed E-state index contributed by atoms with van der Waals surface area (Å²) < 4.78 is 21.4. The molecule has 6 rings (SSSR count). The fraction of sp³-hybridized carbons (Fsp3) is 0.371. The fourth-order valence-corrected chi connectivity index (χ4v) is 7.09. The minimum absolute atomic E-state index is 0.0242. The number of ether oxygens (including phenoxy) is 1. The Bertz CT molecular complexity index is 1670. The zero-order chi connectivity index (χ0) is 30.8. The van der Waals surface area contributed by atoms with E-state index in [0.717, 1.165) is 73.2 Å². The lowest BCUT2D eigenvalue weighted by Gasteiger charge is -2.41. The molecule has 2 saturated heterocycles. The largest absolute Gasteiger partial charge is 0.495 e. The Balaban J connectivity index is 1.09. The summed E-state index contributed by atoms with van der Waals surface area (Å²) in [7, 11) is 1.66. The van der Waals surface area contributed by atoms with E-state index in [2.05, 4.69) is 25.8 Å². The zero-order valence-corrected chi connectivity index (χ0v) is 25.9. The number of rotatable bonds is 11. The van der Waals surface area contributed by atoms with E-state index in [1.807, 2.05) is 49.5 Å². The van der Waals surface area contributed by atoms with Gasteiger partial charge in [0.05, 0.1) is 29.8 Å². The molecule has 2 fully saturated rings. The van der Waals surface area contributed by atoms with Crippen LogP contribution in [-0.4, -0.2) is 71.4 Å². The summed E-state index contributed by atoms with van der Waals surface area (Å²) in [5.74, 6) is 0.0990. The molecule has 44 heavy (non-hydrogen) atoms. The number of hydrogen-bond acceptors (Lipinski definition) is 5. The number of piperazine rings is 1. The van der Waals surface area contributed by atoms with Gasteiger partial charge < -0.3 is 14.6 Å². The Hall–Kier alpha value is -3.72. The van der Waals surface area contributed by atoms with Gasteiger partial charge in [-0.15, -0.1) is 0 Å². The van der Waals surface area contributed by atoms with E-state index in [-0.39, 0.29) is 16.7 Å². The number of fused-ring (bicyclic) bond motifs is 3. The second kappa shape index (κ2) is 13.1. The normalized spacial score (nSPS) is 18.5. The number of aromatic nitrogens is 1. The number of nitrogens with one attached hydrogen (secondary N) is 1. The third-order valence-electron chi connectivity index (χ3n) is 8.99. The molecule has 1 N–H and O–H groups in total. The molecule has 3 heterocycles. The van der Waals surface area contributed by atoms with Crippen molar-refractivity contribution < 1.29 is 18.7 Å². The van der Waals surface area contributed by atoms with Crippen molar-refractivity contribution >= 4 is 34.2 Å². The highest BCUT2D eigenvalue weighted by Gasteiger charge is 2.39. The summed E-state index contributed by atoms with van der Waals surface area (Å²) in [4.78, 5) is 31.0. The van der Waals surface area contributed by atoms with Gasteiger partial charge in [-0.05, 0) is 56.0 Å². The first kappa shape index (κ1) is 30.3. The van der Waals surface area contributed by atoms with Gasteiger partial charge in [-0.2, -0.15) is 0 Å². The number of Topliss-reactive ketones (excluding diaryl/α,β-unsaturated/α-hetero) is 1. The molecule has 3 aromatic carbocycles. The Morgan fingerprint density at radius 3 is 2.52 bits per heavy atom.